The molecule has 2 rings (SSSR count). The van der Waals surface area contributed by atoms with Crippen molar-refractivity contribution in [2.24, 2.45) is 11.8 Å². The Kier molecular flexibility index (Phi) is 3.76. The Morgan fingerprint density at radius 2 is 1.53 bits per heavy atom. The van der Waals surface area contributed by atoms with Crippen LogP contribution in [0.15, 0.2) is 0 Å². The van der Waals surface area contributed by atoms with E-state index < -0.39 is 11.5 Å². The van der Waals surface area contributed by atoms with Gasteiger partial charge >= 0.3 is 5.97 Å². The Labute approximate surface area is 104 Å². The average molecular weight is 239 g/mol. The maximum Gasteiger partial charge on any atom is 0.324 e. The van der Waals surface area contributed by atoms with Gasteiger partial charge in [0.2, 0.25) is 0 Å². The van der Waals surface area contributed by atoms with Crippen LogP contribution in [-0.4, -0.2) is 34.6 Å². The van der Waals surface area contributed by atoms with Crippen LogP contribution in [-0.2, 0) is 4.79 Å². The van der Waals surface area contributed by atoms with E-state index >= 15 is 0 Å². The molecule has 1 aliphatic carbocycles. The van der Waals surface area contributed by atoms with E-state index in [2.05, 4.69) is 18.7 Å². The third-order valence-corrected chi connectivity index (χ3v) is 4.89. The van der Waals surface area contributed by atoms with Crippen molar-refractivity contribution in [3.63, 3.8) is 0 Å². The predicted octanol–water partition coefficient (Wildman–Crippen LogP) is 2.75. The number of carboxylic acids is 1. The minimum absolute atomic E-state index is 0.535. The number of aliphatic carboxylic acids is 1. The molecule has 2 fully saturated rings. The molecule has 2 aliphatic rings. The molecule has 0 bridgehead atoms. The van der Waals surface area contributed by atoms with E-state index in [9.17, 15) is 9.90 Å². The highest BCUT2D eigenvalue weighted by Gasteiger charge is 2.46. The van der Waals surface area contributed by atoms with E-state index in [0.717, 1.165) is 57.5 Å². The second-order valence-electron chi connectivity index (χ2n) is 6.19. The summed E-state index contributed by atoms with van der Waals surface area (Å²) in [7, 11) is 0. The van der Waals surface area contributed by atoms with Crippen molar-refractivity contribution >= 4 is 5.97 Å². The summed E-state index contributed by atoms with van der Waals surface area (Å²) in [6, 6.07) is 0. The molecule has 1 saturated carbocycles. The maximum atomic E-state index is 11.7. The van der Waals surface area contributed by atoms with Crippen molar-refractivity contribution < 1.29 is 9.90 Å². The van der Waals surface area contributed by atoms with Crippen LogP contribution in [0.25, 0.3) is 0 Å². The second kappa shape index (κ2) is 4.97. The van der Waals surface area contributed by atoms with Crippen LogP contribution >= 0.6 is 0 Å². The summed E-state index contributed by atoms with van der Waals surface area (Å²) >= 11 is 0. The SMILES string of the molecule is CC1CCN(C2(C(=O)O)CCC(C)CC2)CC1. The van der Waals surface area contributed by atoms with Crippen molar-refractivity contribution in [1.82, 2.24) is 4.90 Å². The summed E-state index contributed by atoms with van der Waals surface area (Å²) in [6.45, 7) is 6.46. The van der Waals surface area contributed by atoms with Crippen LogP contribution in [0, 0.1) is 11.8 Å². The van der Waals surface area contributed by atoms with E-state index in [0.29, 0.717) is 5.92 Å². The Bertz CT molecular complexity index is 274. The molecule has 0 unspecified atom stereocenters. The molecular weight excluding hydrogens is 214 g/mol. The molecule has 0 amide bonds. The molecule has 98 valence electrons. The van der Waals surface area contributed by atoms with Gasteiger partial charge in [0, 0.05) is 0 Å². The fraction of sp³-hybridized carbons (Fsp3) is 0.929. The van der Waals surface area contributed by atoms with E-state index in [1.165, 1.54) is 0 Å². The summed E-state index contributed by atoms with van der Waals surface area (Å²) < 4.78 is 0. The molecule has 0 aromatic carbocycles. The zero-order valence-electron chi connectivity index (χ0n) is 11.1. The zero-order valence-corrected chi connectivity index (χ0v) is 11.1. The first kappa shape index (κ1) is 12.9. The molecule has 1 N–H and O–H groups in total. The highest BCUT2D eigenvalue weighted by Crippen LogP contribution is 2.38. The van der Waals surface area contributed by atoms with Gasteiger partial charge in [-0.3, -0.25) is 9.69 Å². The first-order valence-electron chi connectivity index (χ1n) is 7.03. The number of piperidine rings is 1. The summed E-state index contributed by atoms with van der Waals surface area (Å²) in [5.41, 5.74) is -0.535. The second-order valence-corrected chi connectivity index (χ2v) is 6.19. The molecule has 1 aliphatic heterocycles. The zero-order chi connectivity index (χ0) is 12.5. The van der Waals surface area contributed by atoms with Crippen molar-refractivity contribution in [3.05, 3.63) is 0 Å². The van der Waals surface area contributed by atoms with E-state index in [1.54, 1.807) is 0 Å². The summed E-state index contributed by atoms with van der Waals surface area (Å²) in [4.78, 5) is 14.0. The van der Waals surface area contributed by atoms with Crippen LogP contribution in [0.4, 0.5) is 0 Å². The molecule has 3 heteroatoms. The summed E-state index contributed by atoms with van der Waals surface area (Å²) in [6.07, 6.45) is 6.14. The Morgan fingerprint density at radius 3 is 2.00 bits per heavy atom. The lowest BCUT2D eigenvalue weighted by molar-refractivity contribution is -0.156. The Hall–Kier alpha value is -0.570. The molecule has 0 radical (unpaired) electrons. The number of hydrogen-bond acceptors (Lipinski definition) is 2. The van der Waals surface area contributed by atoms with E-state index in [-0.39, 0.29) is 0 Å². The third-order valence-electron chi connectivity index (χ3n) is 4.89. The van der Waals surface area contributed by atoms with Crippen molar-refractivity contribution in [2.45, 2.75) is 57.9 Å². The van der Waals surface area contributed by atoms with Crippen LogP contribution in [0.5, 0.6) is 0 Å². The lowest BCUT2D eigenvalue weighted by atomic mass is 9.75. The van der Waals surface area contributed by atoms with Gasteiger partial charge in [-0.25, -0.2) is 0 Å². The van der Waals surface area contributed by atoms with Crippen LogP contribution in [0.3, 0.4) is 0 Å². The molecule has 1 saturated heterocycles. The Balaban J connectivity index is 2.09. The molecular formula is C14H25NO2. The first-order valence-corrected chi connectivity index (χ1v) is 7.03. The van der Waals surface area contributed by atoms with Gasteiger partial charge in [-0.1, -0.05) is 13.8 Å². The quantitative estimate of drug-likeness (QED) is 0.805. The summed E-state index contributed by atoms with van der Waals surface area (Å²) in [5.74, 6) is 0.879. The smallest absolute Gasteiger partial charge is 0.324 e. The molecule has 0 atom stereocenters. The molecule has 0 spiro atoms. The number of carbonyl (C=O) groups is 1. The monoisotopic (exact) mass is 239 g/mol. The predicted molar refractivity (Wildman–Crippen MR) is 68.0 cm³/mol. The van der Waals surface area contributed by atoms with Crippen molar-refractivity contribution in [2.75, 3.05) is 13.1 Å². The standard InChI is InChI=1S/C14H25NO2/c1-11-3-7-14(8-4-11,13(16)17)15-9-5-12(2)6-10-15/h11-12H,3-10H2,1-2H3,(H,16,17). The van der Waals surface area contributed by atoms with Crippen LogP contribution < -0.4 is 0 Å². The minimum Gasteiger partial charge on any atom is -0.480 e. The highest BCUT2D eigenvalue weighted by atomic mass is 16.4. The normalized spacial score (nSPS) is 36.9. The fourth-order valence-electron chi connectivity index (χ4n) is 3.34. The third kappa shape index (κ3) is 2.49. The van der Waals surface area contributed by atoms with E-state index in [1.807, 2.05) is 0 Å². The largest absolute Gasteiger partial charge is 0.480 e. The van der Waals surface area contributed by atoms with Gasteiger partial charge in [0.1, 0.15) is 5.54 Å². The lowest BCUT2D eigenvalue weighted by Crippen LogP contribution is -2.58. The number of likely N-dealkylation sites (tertiary alicyclic amines) is 1. The van der Waals surface area contributed by atoms with Crippen LogP contribution in [0.1, 0.15) is 52.4 Å². The van der Waals surface area contributed by atoms with E-state index in [4.69, 9.17) is 0 Å². The first-order chi connectivity index (χ1) is 8.04. The topological polar surface area (TPSA) is 40.5 Å². The average Bonchev–Trinajstić information content (AvgIpc) is 2.31. The fourth-order valence-corrected chi connectivity index (χ4v) is 3.34. The van der Waals surface area contributed by atoms with Gasteiger partial charge in [0.15, 0.2) is 0 Å². The molecule has 0 aromatic heterocycles. The van der Waals surface area contributed by atoms with Gasteiger partial charge < -0.3 is 5.11 Å². The van der Waals surface area contributed by atoms with Gasteiger partial charge in [0.25, 0.3) is 0 Å². The van der Waals surface area contributed by atoms with Crippen molar-refractivity contribution in [1.29, 1.82) is 0 Å². The lowest BCUT2D eigenvalue weighted by Gasteiger charge is -2.47. The number of rotatable bonds is 2. The molecule has 3 nitrogen and oxygen atoms in total. The molecule has 1 heterocycles. The van der Waals surface area contributed by atoms with Gasteiger partial charge in [-0.05, 0) is 63.5 Å². The highest BCUT2D eigenvalue weighted by molar-refractivity contribution is 5.79. The Morgan fingerprint density at radius 1 is 1.06 bits per heavy atom. The maximum absolute atomic E-state index is 11.7. The van der Waals surface area contributed by atoms with Crippen LogP contribution in [0.2, 0.25) is 0 Å². The molecule has 0 aromatic rings. The number of nitrogens with zero attached hydrogens (tertiary/aromatic N) is 1. The molecule has 17 heavy (non-hydrogen) atoms. The number of hydrogen-bond donors (Lipinski definition) is 1. The van der Waals surface area contributed by atoms with Gasteiger partial charge in [-0.2, -0.15) is 0 Å². The minimum atomic E-state index is -0.584. The van der Waals surface area contributed by atoms with Gasteiger partial charge in [0.05, 0.1) is 0 Å². The summed E-state index contributed by atoms with van der Waals surface area (Å²) in [5, 5.41) is 9.65. The number of carboxylic acid groups (broad SMARTS) is 1. The van der Waals surface area contributed by atoms with Crippen molar-refractivity contribution in [3.8, 4) is 0 Å². The van der Waals surface area contributed by atoms with Gasteiger partial charge in [-0.15, -0.1) is 0 Å².